The number of ether oxygens (including phenoxy) is 2. The van der Waals surface area contributed by atoms with Gasteiger partial charge in [0.05, 0.1) is 14.5 Å². The van der Waals surface area contributed by atoms with Crippen LogP contribution < -0.4 is 118 Å². The maximum absolute atomic E-state index is 12.8. The first-order valence-corrected chi connectivity index (χ1v) is 11.3. The number of rotatable bonds is 0. The fraction of sp³-hybridized carbons (Fsp3) is 0.0500. The molecule has 0 bridgehead atoms. The molecule has 0 saturated heterocycles. The van der Waals surface area contributed by atoms with Crippen molar-refractivity contribution in [2.75, 3.05) is 0 Å². The Kier molecular flexibility index (Phi) is 8.81. The van der Waals surface area contributed by atoms with Gasteiger partial charge in [-0.05, 0) is 50.1 Å². The molecule has 5 rings (SSSR count). The van der Waals surface area contributed by atoms with Gasteiger partial charge < -0.3 is 19.7 Å². The molecular formula is C20H6Br4K2O5. The summed E-state index contributed by atoms with van der Waals surface area (Å²) in [6.07, 6.45) is 0. The van der Waals surface area contributed by atoms with Crippen LogP contribution in [-0.2, 0) is 10.3 Å². The Morgan fingerprint density at radius 2 is 1.26 bits per heavy atom. The third-order valence-electron chi connectivity index (χ3n) is 5.00. The second-order valence-corrected chi connectivity index (χ2v) is 9.77. The SMILES string of the molecule is O=C1OC2(c3ccccc31)c1cc(Br)c([O-])c(Br)c1Oc1c2cc(Br)c([O-])c1Br.[K+].[K+]. The molecule has 0 aliphatic carbocycles. The summed E-state index contributed by atoms with van der Waals surface area (Å²) in [7, 11) is 0. The molecule has 0 aromatic heterocycles. The van der Waals surface area contributed by atoms with E-state index in [4.69, 9.17) is 9.47 Å². The largest absolute Gasteiger partial charge is 1.00 e. The molecule has 1 spiro atoms. The Morgan fingerprint density at radius 1 is 0.774 bits per heavy atom. The average Bonchev–Trinajstić information content (AvgIpc) is 3.00. The van der Waals surface area contributed by atoms with Gasteiger partial charge in [0.2, 0.25) is 0 Å². The van der Waals surface area contributed by atoms with E-state index < -0.39 is 11.6 Å². The van der Waals surface area contributed by atoms with Crippen molar-refractivity contribution in [1.29, 1.82) is 0 Å². The van der Waals surface area contributed by atoms with Crippen molar-refractivity contribution in [2.24, 2.45) is 0 Å². The van der Waals surface area contributed by atoms with E-state index in [1.165, 1.54) is 0 Å². The van der Waals surface area contributed by atoms with Crippen molar-refractivity contribution in [1.82, 2.24) is 0 Å². The minimum atomic E-state index is -1.38. The van der Waals surface area contributed by atoms with E-state index in [0.717, 1.165) is 0 Å². The number of fused-ring (bicyclic) bond motifs is 6. The van der Waals surface area contributed by atoms with Gasteiger partial charge in [-0.2, -0.15) is 0 Å². The summed E-state index contributed by atoms with van der Waals surface area (Å²) >= 11 is 13.2. The average molecular weight is 724 g/mol. The number of hydrogen-bond donors (Lipinski definition) is 0. The van der Waals surface area contributed by atoms with Crippen LogP contribution in [0.4, 0.5) is 0 Å². The van der Waals surface area contributed by atoms with E-state index >= 15 is 0 Å². The summed E-state index contributed by atoms with van der Waals surface area (Å²) < 4.78 is 12.9. The van der Waals surface area contributed by atoms with Crippen LogP contribution in [0.1, 0.15) is 27.0 Å². The first kappa shape index (κ1) is 27.3. The summed E-state index contributed by atoms with van der Waals surface area (Å²) in [6, 6.07) is 10.2. The number of benzene rings is 3. The van der Waals surface area contributed by atoms with Crippen LogP contribution in [0.2, 0.25) is 0 Å². The molecule has 0 amide bonds. The van der Waals surface area contributed by atoms with Gasteiger partial charge in [0, 0.05) is 25.6 Å². The number of carbonyl (C=O) groups excluding carboxylic acids is 1. The Morgan fingerprint density at radius 3 is 1.77 bits per heavy atom. The number of carbonyl (C=O) groups is 1. The molecule has 2 heterocycles. The molecule has 0 fully saturated rings. The molecule has 0 atom stereocenters. The van der Waals surface area contributed by atoms with Crippen LogP contribution in [-0.4, -0.2) is 5.97 Å². The maximum Gasteiger partial charge on any atom is 1.00 e. The van der Waals surface area contributed by atoms with Crippen LogP contribution in [0.5, 0.6) is 23.0 Å². The van der Waals surface area contributed by atoms with Crippen LogP contribution >= 0.6 is 63.7 Å². The topological polar surface area (TPSA) is 81.7 Å². The van der Waals surface area contributed by atoms with Gasteiger partial charge >= 0.3 is 109 Å². The minimum absolute atomic E-state index is 0. The van der Waals surface area contributed by atoms with Crippen LogP contribution in [0.15, 0.2) is 54.3 Å². The summed E-state index contributed by atoms with van der Waals surface area (Å²) in [5, 5.41) is 25.0. The molecule has 2 aliphatic rings. The second kappa shape index (κ2) is 10.00. The Balaban J connectivity index is 0.00000136. The molecule has 0 unspecified atom stereocenters. The Bertz CT molecular complexity index is 1200. The monoisotopic (exact) mass is 720 g/mol. The van der Waals surface area contributed by atoms with E-state index in [9.17, 15) is 15.0 Å². The number of halogens is 4. The predicted molar refractivity (Wildman–Crippen MR) is 114 cm³/mol. The van der Waals surface area contributed by atoms with Gasteiger partial charge in [0.1, 0.15) is 11.5 Å². The molecule has 3 aromatic carbocycles. The van der Waals surface area contributed by atoms with Gasteiger partial charge in [0.25, 0.3) is 0 Å². The quantitative estimate of drug-likeness (QED) is 0.230. The summed E-state index contributed by atoms with van der Waals surface area (Å²) in [6.45, 7) is 0. The zero-order chi connectivity index (χ0) is 20.7. The van der Waals surface area contributed by atoms with Gasteiger partial charge in [0.15, 0.2) is 5.60 Å². The third-order valence-corrected chi connectivity index (χ3v) is 7.62. The standard InChI is InChI=1S/C20H8Br4O5.2K/c21-11-5-9-17(13(23)15(11)25)28-18-10(6-12(22)16(26)14(18)24)20(9)8-4-2-1-3-7(8)19(27)29-20;;/h1-6,25-26H;;/q;2*+1/p-2. The summed E-state index contributed by atoms with van der Waals surface area (Å²) in [4.78, 5) is 12.8. The third kappa shape index (κ3) is 4.00. The van der Waals surface area contributed by atoms with Crippen LogP contribution in [0.3, 0.4) is 0 Å². The second-order valence-electron chi connectivity index (χ2n) is 6.47. The van der Waals surface area contributed by atoms with E-state index in [1.54, 1.807) is 36.4 Å². The van der Waals surface area contributed by atoms with Gasteiger partial charge in [-0.15, -0.1) is 0 Å². The normalized spacial score (nSPS) is 14.4. The van der Waals surface area contributed by atoms with E-state index in [-0.39, 0.29) is 144 Å². The summed E-state index contributed by atoms with van der Waals surface area (Å²) in [5.41, 5.74) is 0.570. The van der Waals surface area contributed by atoms with Crippen molar-refractivity contribution < 1.29 is 127 Å². The van der Waals surface area contributed by atoms with Crippen LogP contribution in [0.25, 0.3) is 0 Å². The first-order valence-electron chi connectivity index (χ1n) is 8.17. The van der Waals surface area contributed by atoms with Crippen molar-refractivity contribution in [3.05, 3.63) is 76.5 Å². The smallest absolute Gasteiger partial charge is 0.871 e. The van der Waals surface area contributed by atoms with Crippen molar-refractivity contribution in [2.45, 2.75) is 5.60 Å². The molecule has 5 nitrogen and oxygen atoms in total. The van der Waals surface area contributed by atoms with E-state index in [2.05, 4.69) is 63.7 Å². The summed E-state index contributed by atoms with van der Waals surface area (Å²) in [5.74, 6) is -0.766. The van der Waals surface area contributed by atoms with Crippen LogP contribution in [0, 0.1) is 0 Å². The zero-order valence-corrected chi connectivity index (χ0v) is 28.6. The minimum Gasteiger partial charge on any atom is -0.871 e. The maximum atomic E-state index is 12.8. The molecule has 0 N–H and O–H groups in total. The zero-order valence-electron chi connectivity index (χ0n) is 16.0. The number of esters is 1. The molecule has 3 aromatic rings. The number of hydrogen-bond acceptors (Lipinski definition) is 5. The molecule has 146 valence electrons. The molecule has 0 saturated carbocycles. The Labute approximate surface area is 296 Å². The predicted octanol–water partition coefficient (Wildman–Crippen LogP) is -0.540. The van der Waals surface area contributed by atoms with Crippen molar-refractivity contribution >= 4 is 69.7 Å². The van der Waals surface area contributed by atoms with Gasteiger partial charge in [-0.25, -0.2) is 4.79 Å². The molecule has 31 heavy (non-hydrogen) atoms. The van der Waals surface area contributed by atoms with Crippen molar-refractivity contribution in [3.63, 3.8) is 0 Å². The van der Waals surface area contributed by atoms with Crippen molar-refractivity contribution in [3.8, 4) is 23.0 Å². The van der Waals surface area contributed by atoms with Gasteiger partial charge in [-0.1, -0.05) is 61.6 Å². The molecule has 11 heteroatoms. The first-order chi connectivity index (χ1) is 13.8. The fourth-order valence-electron chi connectivity index (χ4n) is 3.75. The molecule has 2 aliphatic heterocycles. The Hall–Kier alpha value is 1.72. The molecular weight excluding hydrogens is 718 g/mol. The van der Waals surface area contributed by atoms with E-state index in [0.29, 0.717) is 22.3 Å². The fourth-order valence-corrected chi connectivity index (χ4v) is 6.16. The van der Waals surface area contributed by atoms with E-state index in [1.807, 2.05) is 0 Å². The van der Waals surface area contributed by atoms with Gasteiger partial charge in [-0.3, -0.25) is 0 Å². The molecule has 0 radical (unpaired) electrons.